The number of anilines is 2. The van der Waals surface area contributed by atoms with Gasteiger partial charge < -0.3 is 15.8 Å². The molecular formula is C14H16N2O3. The Balaban J connectivity index is 2.80. The van der Waals surface area contributed by atoms with Crippen molar-refractivity contribution in [2.24, 2.45) is 0 Å². The lowest BCUT2D eigenvalue weighted by molar-refractivity contribution is -0.111. The van der Waals surface area contributed by atoms with Crippen LogP contribution in [0.25, 0.3) is 0 Å². The second kappa shape index (κ2) is 7.00. The first-order valence-corrected chi connectivity index (χ1v) is 5.66. The largest absolute Gasteiger partial charge is 0.465 e. The summed E-state index contributed by atoms with van der Waals surface area (Å²) in [6.07, 6.45) is 6.55. The van der Waals surface area contributed by atoms with Gasteiger partial charge in [-0.25, -0.2) is 4.79 Å². The van der Waals surface area contributed by atoms with E-state index in [4.69, 9.17) is 5.73 Å². The number of carbonyl (C=O) groups excluding carboxylic acids is 2. The summed E-state index contributed by atoms with van der Waals surface area (Å²) in [5.74, 6) is -0.770. The molecule has 0 saturated heterocycles. The molecule has 0 aliphatic heterocycles. The number of hydrogen-bond acceptors (Lipinski definition) is 4. The first-order valence-electron chi connectivity index (χ1n) is 5.66. The molecule has 0 aliphatic carbocycles. The highest BCUT2D eigenvalue weighted by Gasteiger charge is 2.08. The highest BCUT2D eigenvalue weighted by molar-refractivity contribution is 6.02. The van der Waals surface area contributed by atoms with Gasteiger partial charge in [0.2, 0.25) is 5.91 Å². The van der Waals surface area contributed by atoms with E-state index in [0.29, 0.717) is 16.9 Å². The summed E-state index contributed by atoms with van der Waals surface area (Å²) >= 11 is 0. The summed E-state index contributed by atoms with van der Waals surface area (Å²) < 4.78 is 4.58. The van der Waals surface area contributed by atoms with Crippen LogP contribution < -0.4 is 11.1 Å². The Morgan fingerprint density at radius 3 is 2.63 bits per heavy atom. The molecule has 0 aliphatic rings. The minimum atomic E-state index is -0.474. The monoisotopic (exact) mass is 260 g/mol. The number of nitrogens with two attached hydrogens (primary N) is 1. The fourth-order valence-electron chi connectivity index (χ4n) is 1.35. The highest BCUT2D eigenvalue weighted by Crippen LogP contribution is 2.20. The van der Waals surface area contributed by atoms with Crippen LogP contribution in [0, 0.1) is 0 Å². The Morgan fingerprint density at radius 2 is 2.05 bits per heavy atom. The molecule has 0 heterocycles. The predicted octanol–water partition coefficient (Wildman–Crippen LogP) is 2.13. The predicted molar refractivity (Wildman–Crippen MR) is 74.8 cm³/mol. The third-order valence-corrected chi connectivity index (χ3v) is 2.28. The zero-order chi connectivity index (χ0) is 14.3. The quantitative estimate of drug-likeness (QED) is 0.376. The fourth-order valence-corrected chi connectivity index (χ4v) is 1.35. The van der Waals surface area contributed by atoms with E-state index in [1.54, 1.807) is 18.2 Å². The molecule has 0 fully saturated rings. The maximum Gasteiger partial charge on any atom is 0.337 e. The normalized spacial score (nSPS) is 10.8. The van der Waals surface area contributed by atoms with Crippen molar-refractivity contribution in [2.45, 2.75) is 6.92 Å². The number of rotatable bonds is 4. The van der Waals surface area contributed by atoms with Gasteiger partial charge >= 0.3 is 5.97 Å². The molecule has 0 bridgehead atoms. The number of hydrogen-bond donors (Lipinski definition) is 2. The van der Waals surface area contributed by atoms with E-state index in [-0.39, 0.29) is 5.91 Å². The lowest BCUT2D eigenvalue weighted by Gasteiger charge is -2.07. The maximum atomic E-state index is 11.5. The van der Waals surface area contributed by atoms with Crippen LogP contribution >= 0.6 is 0 Å². The summed E-state index contributed by atoms with van der Waals surface area (Å²) in [7, 11) is 1.29. The van der Waals surface area contributed by atoms with Crippen molar-refractivity contribution < 1.29 is 14.3 Å². The summed E-state index contributed by atoms with van der Waals surface area (Å²) in [6.45, 7) is 1.85. The van der Waals surface area contributed by atoms with Gasteiger partial charge in [-0.1, -0.05) is 18.2 Å². The van der Waals surface area contributed by atoms with Crippen molar-refractivity contribution in [1.82, 2.24) is 0 Å². The lowest BCUT2D eigenvalue weighted by Crippen LogP contribution is -2.10. The van der Waals surface area contributed by atoms with Gasteiger partial charge in [-0.2, -0.15) is 0 Å². The maximum absolute atomic E-state index is 11.5. The van der Waals surface area contributed by atoms with E-state index >= 15 is 0 Å². The molecule has 19 heavy (non-hydrogen) atoms. The molecule has 0 aromatic heterocycles. The van der Waals surface area contributed by atoms with Crippen LogP contribution in [0.2, 0.25) is 0 Å². The van der Waals surface area contributed by atoms with Crippen LogP contribution in [0.15, 0.2) is 42.5 Å². The van der Waals surface area contributed by atoms with Gasteiger partial charge in [-0.15, -0.1) is 0 Å². The van der Waals surface area contributed by atoms with E-state index in [0.717, 1.165) is 0 Å². The van der Waals surface area contributed by atoms with E-state index in [1.165, 1.54) is 25.3 Å². The van der Waals surface area contributed by atoms with E-state index in [9.17, 15) is 9.59 Å². The number of ether oxygens (including phenoxy) is 1. The van der Waals surface area contributed by atoms with Crippen molar-refractivity contribution in [3.63, 3.8) is 0 Å². The topological polar surface area (TPSA) is 81.4 Å². The number of methoxy groups -OCH3 is 1. The molecule has 5 heteroatoms. The Morgan fingerprint density at radius 1 is 1.32 bits per heavy atom. The zero-order valence-electron chi connectivity index (χ0n) is 10.8. The first-order chi connectivity index (χ1) is 9.08. The van der Waals surface area contributed by atoms with E-state index in [1.807, 2.05) is 13.0 Å². The van der Waals surface area contributed by atoms with Gasteiger partial charge in [-0.05, 0) is 25.1 Å². The SMILES string of the molecule is C/C=C/C=C/C(=O)Nc1ccc(C(=O)OC)cc1N. The van der Waals surface area contributed by atoms with Crippen LogP contribution in [0.1, 0.15) is 17.3 Å². The molecule has 3 N–H and O–H groups in total. The molecule has 5 nitrogen and oxygen atoms in total. The summed E-state index contributed by atoms with van der Waals surface area (Å²) in [5, 5.41) is 2.62. The molecule has 1 amide bonds. The fraction of sp³-hybridized carbons (Fsp3) is 0.143. The Hall–Kier alpha value is -2.56. The van der Waals surface area contributed by atoms with Crippen molar-refractivity contribution in [3.8, 4) is 0 Å². The average molecular weight is 260 g/mol. The third-order valence-electron chi connectivity index (χ3n) is 2.28. The minimum absolute atomic E-state index is 0.296. The van der Waals surface area contributed by atoms with Crippen molar-refractivity contribution in [1.29, 1.82) is 0 Å². The summed E-state index contributed by atoms with van der Waals surface area (Å²) in [6, 6.07) is 4.55. The van der Waals surface area contributed by atoms with Crippen LogP contribution in [0.4, 0.5) is 11.4 Å². The number of benzene rings is 1. The molecular weight excluding hydrogens is 244 g/mol. The Labute approximate surface area is 111 Å². The van der Waals surface area contributed by atoms with Crippen molar-refractivity contribution in [2.75, 3.05) is 18.2 Å². The smallest absolute Gasteiger partial charge is 0.337 e. The lowest BCUT2D eigenvalue weighted by atomic mass is 10.1. The second-order valence-electron chi connectivity index (χ2n) is 3.67. The number of amides is 1. The molecule has 1 aromatic rings. The number of allylic oxidation sites excluding steroid dienone is 3. The van der Waals surface area contributed by atoms with Crippen LogP contribution in [-0.4, -0.2) is 19.0 Å². The Kier molecular flexibility index (Phi) is 5.35. The van der Waals surface area contributed by atoms with E-state index < -0.39 is 5.97 Å². The molecule has 100 valence electrons. The summed E-state index contributed by atoms with van der Waals surface area (Å²) in [4.78, 5) is 22.8. The van der Waals surface area contributed by atoms with Crippen LogP contribution in [-0.2, 0) is 9.53 Å². The number of carbonyl (C=O) groups is 2. The third kappa shape index (κ3) is 4.31. The van der Waals surface area contributed by atoms with Crippen molar-refractivity contribution in [3.05, 3.63) is 48.1 Å². The highest BCUT2D eigenvalue weighted by atomic mass is 16.5. The van der Waals surface area contributed by atoms with Crippen LogP contribution in [0.3, 0.4) is 0 Å². The summed E-state index contributed by atoms with van der Waals surface area (Å²) in [5.41, 5.74) is 6.84. The van der Waals surface area contributed by atoms with Gasteiger partial charge in [0.15, 0.2) is 0 Å². The van der Waals surface area contributed by atoms with Crippen molar-refractivity contribution >= 4 is 23.3 Å². The standard InChI is InChI=1S/C14H16N2O3/c1-3-4-5-6-13(17)16-12-8-7-10(9-11(12)15)14(18)19-2/h3-9H,15H2,1-2H3,(H,16,17)/b4-3+,6-5+. The second-order valence-corrected chi connectivity index (χ2v) is 3.67. The molecule has 1 aromatic carbocycles. The first kappa shape index (κ1) is 14.5. The molecule has 0 atom stereocenters. The van der Waals surface area contributed by atoms with Gasteiger partial charge in [-0.3, -0.25) is 4.79 Å². The Bertz CT molecular complexity index is 533. The van der Waals surface area contributed by atoms with E-state index in [2.05, 4.69) is 10.1 Å². The van der Waals surface area contributed by atoms with Gasteiger partial charge in [0.05, 0.1) is 24.0 Å². The van der Waals surface area contributed by atoms with Gasteiger partial charge in [0.1, 0.15) is 0 Å². The molecule has 0 radical (unpaired) electrons. The average Bonchev–Trinajstić information content (AvgIpc) is 2.40. The molecule has 1 rings (SSSR count). The number of nitrogen functional groups attached to an aromatic ring is 1. The van der Waals surface area contributed by atoms with Gasteiger partial charge in [0.25, 0.3) is 0 Å². The van der Waals surface area contributed by atoms with Gasteiger partial charge in [0, 0.05) is 6.08 Å². The number of esters is 1. The number of nitrogens with one attached hydrogen (secondary N) is 1. The molecule has 0 unspecified atom stereocenters. The molecule has 0 spiro atoms. The van der Waals surface area contributed by atoms with Crippen LogP contribution in [0.5, 0.6) is 0 Å². The minimum Gasteiger partial charge on any atom is -0.465 e. The molecule has 0 saturated carbocycles. The zero-order valence-corrected chi connectivity index (χ0v) is 10.8.